The van der Waals surface area contributed by atoms with Gasteiger partial charge in [0.05, 0.1) is 0 Å². The summed E-state index contributed by atoms with van der Waals surface area (Å²) in [5.41, 5.74) is 1.35. The summed E-state index contributed by atoms with van der Waals surface area (Å²) in [4.78, 5) is 0. The third-order valence-electron chi connectivity index (χ3n) is 3.58. The van der Waals surface area contributed by atoms with E-state index in [0.29, 0.717) is 0 Å². The van der Waals surface area contributed by atoms with Crippen molar-refractivity contribution in [2.45, 2.75) is 78.2 Å². The molecular formula is C17H30ClN. The minimum atomic E-state index is 0. The van der Waals surface area contributed by atoms with E-state index in [-0.39, 0.29) is 12.4 Å². The fourth-order valence-electron chi connectivity index (χ4n) is 2.29. The molecule has 0 bridgehead atoms. The van der Waals surface area contributed by atoms with Gasteiger partial charge < -0.3 is 12.4 Å². The lowest BCUT2D eigenvalue weighted by Gasteiger charge is -2.01. The number of aryl methyl sites for hydroxylation is 2. The fraction of sp³-hybridized carbons (Fsp3) is 0.706. The minimum absolute atomic E-state index is 0. The lowest BCUT2D eigenvalue weighted by molar-refractivity contribution is -0.697. The number of aromatic nitrogens is 1. The topological polar surface area (TPSA) is 3.88 Å². The fourth-order valence-corrected chi connectivity index (χ4v) is 2.29. The summed E-state index contributed by atoms with van der Waals surface area (Å²) in [5, 5.41) is 0. The molecule has 0 saturated heterocycles. The van der Waals surface area contributed by atoms with Crippen molar-refractivity contribution in [2.24, 2.45) is 0 Å². The van der Waals surface area contributed by atoms with Gasteiger partial charge in [0.15, 0.2) is 12.4 Å². The zero-order valence-electron chi connectivity index (χ0n) is 12.7. The molecule has 19 heavy (non-hydrogen) atoms. The molecule has 0 N–H and O–H groups in total. The number of hydrogen-bond donors (Lipinski definition) is 0. The molecule has 0 saturated carbocycles. The zero-order chi connectivity index (χ0) is 13.1. The van der Waals surface area contributed by atoms with Gasteiger partial charge >= 0.3 is 0 Å². The maximum Gasteiger partial charge on any atom is 0.169 e. The number of unbranched alkanes of at least 4 members (excludes halogenated alkanes) is 8. The van der Waals surface area contributed by atoms with Gasteiger partial charge in [-0.3, -0.25) is 0 Å². The monoisotopic (exact) mass is 283 g/mol. The van der Waals surface area contributed by atoms with Crippen LogP contribution in [0.1, 0.15) is 70.3 Å². The van der Waals surface area contributed by atoms with Crippen LogP contribution >= 0.6 is 0 Å². The van der Waals surface area contributed by atoms with E-state index < -0.39 is 0 Å². The van der Waals surface area contributed by atoms with Crippen molar-refractivity contribution in [1.29, 1.82) is 0 Å². The molecule has 0 aromatic carbocycles. The van der Waals surface area contributed by atoms with Crippen LogP contribution in [0.15, 0.2) is 24.5 Å². The third kappa shape index (κ3) is 9.95. The number of rotatable bonds is 10. The van der Waals surface area contributed by atoms with Crippen LogP contribution in [0.5, 0.6) is 0 Å². The van der Waals surface area contributed by atoms with E-state index in [1.807, 2.05) is 0 Å². The van der Waals surface area contributed by atoms with Crippen LogP contribution in [0.3, 0.4) is 0 Å². The van der Waals surface area contributed by atoms with Gasteiger partial charge in [0.1, 0.15) is 6.54 Å². The summed E-state index contributed by atoms with van der Waals surface area (Å²) in [6, 6.07) is 4.38. The largest absolute Gasteiger partial charge is 1.00 e. The molecule has 1 heterocycles. The van der Waals surface area contributed by atoms with E-state index in [4.69, 9.17) is 0 Å². The molecule has 1 aromatic heterocycles. The van der Waals surface area contributed by atoms with Gasteiger partial charge in [0.2, 0.25) is 0 Å². The van der Waals surface area contributed by atoms with Crippen LogP contribution in [-0.4, -0.2) is 0 Å². The zero-order valence-corrected chi connectivity index (χ0v) is 13.5. The molecule has 0 radical (unpaired) electrons. The predicted molar refractivity (Wildman–Crippen MR) is 78.6 cm³/mol. The summed E-state index contributed by atoms with van der Waals surface area (Å²) >= 11 is 0. The van der Waals surface area contributed by atoms with E-state index in [2.05, 4.69) is 42.9 Å². The lowest BCUT2D eigenvalue weighted by Crippen LogP contribution is -3.00. The van der Waals surface area contributed by atoms with Crippen molar-refractivity contribution in [2.75, 3.05) is 0 Å². The Morgan fingerprint density at radius 1 is 0.789 bits per heavy atom. The number of pyridine rings is 1. The third-order valence-corrected chi connectivity index (χ3v) is 3.58. The molecule has 0 aliphatic rings. The highest BCUT2D eigenvalue weighted by Crippen LogP contribution is 2.09. The van der Waals surface area contributed by atoms with Gasteiger partial charge in [-0.2, -0.15) is 0 Å². The number of hydrogen-bond acceptors (Lipinski definition) is 0. The molecule has 1 aromatic rings. The molecule has 110 valence electrons. The maximum absolute atomic E-state index is 2.30. The first-order valence-corrected chi connectivity index (χ1v) is 7.78. The average molecular weight is 284 g/mol. The molecular weight excluding hydrogens is 254 g/mol. The van der Waals surface area contributed by atoms with Crippen molar-refractivity contribution in [3.05, 3.63) is 30.1 Å². The average Bonchev–Trinajstić information content (AvgIpc) is 2.39. The van der Waals surface area contributed by atoms with E-state index >= 15 is 0 Å². The Labute approximate surface area is 125 Å². The van der Waals surface area contributed by atoms with Crippen molar-refractivity contribution < 1.29 is 17.0 Å². The van der Waals surface area contributed by atoms with Crippen molar-refractivity contribution in [1.82, 2.24) is 0 Å². The number of nitrogens with zero attached hydrogens (tertiary/aromatic N) is 1. The molecule has 1 nitrogen and oxygen atoms in total. The highest BCUT2D eigenvalue weighted by molar-refractivity contribution is 5.03. The lowest BCUT2D eigenvalue weighted by atomic mass is 10.1. The van der Waals surface area contributed by atoms with Gasteiger partial charge in [0.25, 0.3) is 0 Å². The Balaban J connectivity index is 0.00000324. The molecule has 0 fully saturated rings. The first-order valence-electron chi connectivity index (χ1n) is 7.78. The van der Waals surface area contributed by atoms with E-state index in [9.17, 15) is 0 Å². The Morgan fingerprint density at radius 3 is 1.79 bits per heavy atom. The Kier molecular flexibility index (Phi) is 12.1. The second-order valence-corrected chi connectivity index (χ2v) is 5.44. The molecule has 0 atom stereocenters. The smallest absolute Gasteiger partial charge is 0.169 e. The first kappa shape index (κ1) is 18.4. The molecule has 0 spiro atoms. The Morgan fingerprint density at radius 2 is 1.26 bits per heavy atom. The van der Waals surface area contributed by atoms with Crippen LogP contribution in [0, 0.1) is 6.92 Å². The second kappa shape index (κ2) is 12.5. The van der Waals surface area contributed by atoms with Crippen LogP contribution in [-0.2, 0) is 6.54 Å². The summed E-state index contributed by atoms with van der Waals surface area (Å²) in [7, 11) is 0. The molecule has 2 heteroatoms. The van der Waals surface area contributed by atoms with Gasteiger partial charge in [0, 0.05) is 18.6 Å². The normalized spacial score (nSPS) is 10.2. The van der Waals surface area contributed by atoms with Crippen molar-refractivity contribution >= 4 is 0 Å². The standard InChI is InChI=1S/C17H30N.ClH/c1-3-4-5-6-7-8-9-10-11-14-18-15-12-17(2)13-16-18;/h12-13,15-16H,3-11,14H2,1-2H3;1H/q+1;/p-1. The van der Waals surface area contributed by atoms with Crippen molar-refractivity contribution in [3.8, 4) is 0 Å². The molecule has 0 aliphatic carbocycles. The highest BCUT2D eigenvalue weighted by atomic mass is 35.5. The molecule has 0 aliphatic heterocycles. The van der Waals surface area contributed by atoms with E-state index in [0.717, 1.165) is 0 Å². The maximum atomic E-state index is 2.30. The molecule has 0 amide bonds. The van der Waals surface area contributed by atoms with Crippen molar-refractivity contribution in [3.63, 3.8) is 0 Å². The summed E-state index contributed by atoms with van der Waals surface area (Å²) < 4.78 is 2.30. The second-order valence-electron chi connectivity index (χ2n) is 5.44. The first-order chi connectivity index (χ1) is 8.83. The van der Waals surface area contributed by atoms with Crippen LogP contribution in [0.2, 0.25) is 0 Å². The summed E-state index contributed by atoms with van der Waals surface area (Å²) in [6.07, 6.45) is 17.0. The highest BCUT2D eigenvalue weighted by Gasteiger charge is 1.99. The van der Waals surface area contributed by atoms with Gasteiger partial charge in [-0.25, -0.2) is 4.57 Å². The van der Waals surface area contributed by atoms with Gasteiger partial charge in [-0.15, -0.1) is 0 Å². The number of halogens is 1. The molecule has 1 rings (SSSR count). The minimum Gasteiger partial charge on any atom is -1.00 e. The summed E-state index contributed by atoms with van der Waals surface area (Å²) in [5.74, 6) is 0. The van der Waals surface area contributed by atoms with Crippen LogP contribution in [0.25, 0.3) is 0 Å². The Hall–Kier alpha value is -0.560. The van der Waals surface area contributed by atoms with Gasteiger partial charge in [-0.1, -0.05) is 51.9 Å². The van der Waals surface area contributed by atoms with Crippen LogP contribution in [0.4, 0.5) is 0 Å². The van der Waals surface area contributed by atoms with Crippen LogP contribution < -0.4 is 17.0 Å². The Bertz CT molecular complexity index is 295. The molecule has 0 unspecified atom stereocenters. The van der Waals surface area contributed by atoms with Gasteiger partial charge in [-0.05, 0) is 18.9 Å². The predicted octanol–water partition coefficient (Wildman–Crippen LogP) is 1.82. The van der Waals surface area contributed by atoms with E-state index in [1.54, 1.807) is 0 Å². The van der Waals surface area contributed by atoms with E-state index in [1.165, 1.54) is 69.9 Å². The SMILES string of the molecule is CCCCCCCCCCC[n+]1ccc(C)cc1.[Cl-]. The summed E-state index contributed by atoms with van der Waals surface area (Å²) in [6.45, 7) is 5.60. The quantitative estimate of drug-likeness (QED) is 0.456.